The molecule has 0 aromatic heterocycles. The standard InChI is InChI=1S/C17H27O.2C7H7.C5H5.C2H7N.Y/c1-8-13(9-2)14-10-12(3)11-15(16(14)18-7)17(4,5)6;2*1-7-5-3-2-4-6-7;1-2-4-5-3-1;1-3-2;/h10-11H,8-9H2,1-7H3;2*2-6H,1H2;1-3H,4H2;3H,1-2H3;/q4*-1;;. The van der Waals surface area contributed by atoms with Crippen LogP contribution in [0.5, 0.6) is 5.75 Å². The smallest absolute Gasteiger partial charge is 0.0607 e. The Balaban J connectivity index is 0. The predicted octanol–water partition coefficient (Wildman–Crippen LogP) is 9.92. The van der Waals surface area contributed by atoms with Gasteiger partial charge in [-0.2, -0.15) is 67.3 Å². The van der Waals surface area contributed by atoms with Crippen LogP contribution in [0.2, 0.25) is 0 Å². The van der Waals surface area contributed by atoms with E-state index in [1.165, 1.54) is 22.6 Å². The number of aryl methyl sites for hydroxylation is 1. The maximum Gasteiger partial charge on any atom is 0.0607 e. The molecule has 1 aliphatic carbocycles. The number of ether oxygens (including phenoxy) is 1. The van der Waals surface area contributed by atoms with Crippen LogP contribution >= 0.6 is 0 Å². The van der Waals surface area contributed by atoms with E-state index in [-0.39, 0.29) is 38.1 Å². The zero-order valence-corrected chi connectivity index (χ0v) is 30.0. The SMILES string of the molecule is CC[C-](CC)c1cc(C)cc(C(C)(C)C)c1OC.CNC.[C-]1=CC=CC1.[CH2-]c1ccccc1.[CH2-]c1ccccc1.[Y]. The van der Waals surface area contributed by atoms with Gasteiger partial charge in [0.05, 0.1) is 7.11 Å². The summed E-state index contributed by atoms with van der Waals surface area (Å²) in [5.41, 5.74) is 6.17. The molecule has 0 unspecified atom stereocenters. The van der Waals surface area contributed by atoms with Gasteiger partial charge in [0.1, 0.15) is 0 Å². The summed E-state index contributed by atoms with van der Waals surface area (Å²) in [7, 11) is 5.53. The second-order valence-electron chi connectivity index (χ2n) is 10.4. The van der Waals surface area contributed by atoms with Gasteiger partial charge in [0.2, 0.25) is 0 Å². The van der Waals surface area contributed by atoms with E-state index in [4.69, 9.17) is 4.74 Å². The Morgan fingerprint density at radius 1 is 0.878 bits per heavy atom. The van der Waals surface area contributed by atoms with E-state index in [0.717, 1.165) is 36.1 Å². The monoisotopic (exact) mass is 628 g/mol. The first kappa shape index (κ1) is 40.8. The predicted molar refractivity (Wildman–Crippen MR) is 178 cm³/mol. The Bertz CT molecular complexity index is 1030. The van der Waals surface area contributed by atoms with E-state index in [9.17, 15) is 0 Å². The summed E-state index contributed by atoms with van der Waals surface area (Å²) in [6.45, 7) is 20.8. The molecule has 3 aromatic carbocycles. The summed E-state index contributed by atoms with van der Waals surface area (Å²) >= 11 is 0. The second-order valence-corrected chi connectivity index (χ2v) is 10.4. The van der Waals surface area contributed by atoms with Crippen molar-refractivity contribution < 1.29 is 37.4 Å². The van der Waals surface area contributed by atoms with Gasteiger partial charge >= 0.3 is 0 Å². The molecule has 1 aliphatic rings. The number of methoxy groups -OCH3 is 1. The van der Waals surface area contributed by atoms with Crippen molar-refractivity contribution in [3.05, 3.63) is 145 Å². The first-order chi connectivity index (χ1) is 19.0. The van der Waals surface area contributed by atoms with Crippen molar-refractivity contribution in [3.63, 3.8) is 0 Å². The van der Waals surface area contributed by atoms with Gasteiger partial charge < -0.3 is 10.1 Å². The number of allylic oxidation sites excluding steroid dienone is 4. The molecular weight excluding hydrogens is 575 g/mol. The van der Waals surface area contributed by atoms with Gasteiger partial charge in [0, 0.05) is 38.5 Å². The molecule has 2 nitrogen and oxygen atoms in total. The van der Waals surface area contributed by atoms with Crippen LogP contribution in [0.15, 0.2) is 91.0 Å². The van der Waals surface area contributed by atoms with Gasteiger partial charge in [-0.3, -0.25) is 6.08 Å². The summed E-state index contributed by atoms with van der Waals surface area (Å²) < 4.78 is 5.72. The molecule has 0 amide bonds. The van der Waals surface area contributed by atoms with E-state index in [0.29, 0.717) is 0 Å². The van der Waals surface area contributed by atoms with E-state index >= 15 is 0 Å². The van der Waals surface area contributed by atoms with Gasteiger partial charge in [-0.05, 0) is 19.5 Å². The number of nitrogens with one attached hydrogen (secondary N) is 1. The van der Waals surface area contributed by atoms with Crippen molar-refractivity contribution >= 4 is 0 Å². The first-order valence-electron chi connectivity index (χ1n) is 14.1. The minimum absolute atomic E-state index is 0. The molecular formula is C38H53NOY-4. The molecule has 0 spiro atoms. The second kappa shape index (κ2) is 24.2. The first-order valence-corrected chi connectivity index (χ1v) is 14.1. The molecule has 41 heavy (non-hydrogen) atoms. The van der Waals surface area contributed by atoms with Crippen LogP contribution in [0.4, 0.5) is 0 Å². The van der Waals surface area contributed by atoms with Crippen LogP contribution in [-0.2, 0) is 38.1 Å². The number of hydrogen-bond acceptors (Lipinski definition) is 2. The maximum atomic E-state index is 5.72. The van der Waals surface area contributed by atoms with Crippen LogP contribution in [0.1, 0.15) is 81.7 Å². The Kier molecular flexibility index (Phi) is 24.1. The normalized spacial score (nSPS) is 10.6. The summed E-state index contributed by atoms with van der Waals surface area (Å²) in [6.07, 6.45) is 12.2. The molecule has 3 aromatic rings. The molecule has 0 saturated heterocycles. The molecule has 1 N–H and O–H groups in total. The Morgan fingerprint density at radius 3 is 1.59 bits per heavy atom. The van der Waals surface area contributed by atoms with E-state index in [2.05, 4.69) is 85.0 Å². The Hall–Kier alpha value is -2.39. The van der Waals surface area contributed by atoms with Crippen molar-refractivity contribution in [1.29, 1.82) is 0 Å². The average molecular weight is 629 g/mol. The molecule has 223 valence electrons. The van der Waals surface area contributed by atoms with Gasteiger partial charge in [-0.1, -0.05) is 78.1 Å². The van der Waals surface area contributed by atoms with Crippen LogP contribution in [0.3, 0.4) is 0 Å². The van der Waals surface area contributed by atoms with Crippen LogP contribution in [0, 0.1) is 32.8 Å². The van der Waals surface area contributed by atoms with Crippen molar-refractivity contribution in [1.82, 2.24) is 5.32 Å². The zero-order valence-electron chi connectivity index (χ0n) is 27.2. The summed E-state index contributed by atoms with van der Waals surface area (Å²) in [6, 6.07) is 24.3. The summed E-state index contributed by atoms with van der Waals surface area (Å²) in [5.74, 6) is 2.54. The third kappa shape index (κ3) is 18.6. The van der Waals surface area contributed by atoms with Gasteiger partial charge in [-0.15, -0.1) is 41.8 Å². The third-order valence-corrected chi connectivity index (χ3v) is 5.75. The molecule has 4 rings (SSSR count). The molecule has 0 heterocycles. The van der Waals surface area contributed by atoms with E-state index in [1.54, 1.807) is 7.11 Å². The topological polar surface area (TPSA) is 21.3 Å². The minimum Gasteiger partial charge on any atom is -0.553 e. The fraction of sp³-hybridized carbons (Fsp3) is 0.342. The van der Waals surface area contributed by atoms with E-state index < -0.39 is 0 Å². The number of benzene rings is 3. The van der Waals surface area contributed by atoms with Gasteiger partial charge in [0.25, 0.3) is 0 Å². The van der Waals surface area contributed by atoms with Crippen molar-refractivity contribution in [2.75, 3.05) is 21.2 Å². The minimum atomic E-state index is 0. The molecule has 0 bridgehead atoms. The Labute approximate surface area is 279 Å². The zero-order chi connectivity index (χ0) is 30.4. The third-order valence-electron chi connectivity index (χ3n) is 5.75. The van der Waals surface area contributed by atoms with Gasteiger partial charge in [0.15, 0.2) is 0 Å². The largest absolute Gasteiger partial charge is 0.553 e. The van der Waals surface area contributed by atoms with Crippen LogP contribution in [0.25, 0.3) is 0 Å². The molecule has 1 radical (unpaired) electrons. The Morgan fingerprint density at radius 2 is 1.34 bits per heavy atom. The molecule has 3 heteroatoms. The summed E-state index contributed by atoms with van der Waals surface area (Å²) in [4.78, 5) is 0. The molecule has 0 aliphatic heterocycles. The molecule has 0 atom stereocenters. The molecule has 0 fully saturated rings. The van der Waals surface area contributed by atoms with Crippen LogP contribution in [-0.4, -0.2) is 21.2 Å². The molecule has 0 saturated carbocycles. The fourth-order valence-corrected chi connectivity index (χ4v) is 3.74. The van der Waals surface area contributed by atoms with Crippen molar-refractivity contribution in [3.8, 4) is 5.75 Å². The van der Waals surface area contributed by atoms with E-state index in [1.807, 2.05) is 86.9 Å². The maximum absolute atomic E-state index is 5.72. The van der Waals surface area contributed by atoms with Crippen molar-refractivity contribution in [2.45, 2.75) is 66.2 Å². The average Bonchev–Trinajstić information content (AvgIpc) is 3.51. The van der Waals surface area contributed by atoms with Gasteiger partial charge in [-0.25, -0.2) is 12.2 Å². The number of hydrogen-bond donors (Lipinski definition) is 1. The van der Waals surface area contributed by atoms with Crippen LogP contribution < -0.4 is 10.1 Å². The van der Waals surface area contributed by atoms with Crippen molar-refractivity contribution in [2.24, 2.45) is 0 Å². The fourth-order valence-electron chi connectivity index (χ4n) is 3.74. The quantitative estimate of drug-likeness (QED) is 0.291. The summed E-state index contributed by atoms with van der Waals surface area (Å²) in [5, 5.41) is 2.75. The number of rotatable bonds is 4.